The van der Waals surface area contributed by atoms with Gasteiger partial charge in [0.25, 0.3) is 0 Å². The molecule has 0 aromatic heterocycles. The predicted molar refractivity (Wildman–Crippen MR) is 88.5 cm³/mol. The van der Waals surface area contributed by atoms with Crippen molar-refractivity contribution in [3.05, 3.63) is 53.1 Å². The molecule has 110 valence electrons. The van der Waals surface area contributed by atoms with Crippen LogP contribution in [0.2, 0.25) is 5.02 Å². The molecule has 5 heteroatoms. The molecule has 3 nitrogen and oxygen atoms in total. The number of carbonyl (C=O) groups excluding carboxylic acids is 1. The molecule has 2 aromatic rings. The van der Waals surface area contributed by atoms with Crippen LogP contribution in [0.4, 0.5) is 5.69 Å². The highest BCUT2D eigenvalue weighted by molar-refractivity contribution is 8.00. The van der Waals surface area contributed by atoms with Gasteiger partial charge >= 0.3 is 0 Å². The van der Waals surface area contributed by atoms with Crippen LogP contribution in [0, 0.1) is 6.92 Å². The zero-order valence-electron chi connectivity index (χ0n) is 11.9. The predicted octanol–water partition coefficient (Wildman–Crippen LogP) is 4.39. The van der Waals surface area contributed by atoms with Crippen molar-refractivity contribution in [2.45, 2.75) is 11.8 Å². The van der Waals surface area contributed by atoms with Gasteiger partial charge in [-0.1, -0.05) is 29.8 Å². The van der Waals surface area contributed by atoms with Gasteiger partial charge in [-0.2, -0.15) is 0 Å². The average molecular weight is 322 g/mol. The topological polar surface area (TPSA) is 38.3 Å². The quantitative estimate of drug-likeness (QED) is 0.830. The van der Waals surface area contributed by atoms with Crippen LogP contribution in [0.15, 0.2) is 47.4 Å². The minimum atomic E-state index is -0.0937. The third kappa shape index (κ3) is 4.41. The van der Waals surface area contributed by atoms with Crippen molar-refractivity contribution >= 4 is 35.0 Å². The number of methoxy groups -OCH3 is 1. The van der Waals surface area contributed by atoms with Gasteiger partial charge in [-0.3, -0.25) is 4.79 Å². The van der Waals surface area contributed by atoms with E-state index in [0.29, 0.717) is 22.2 Å². The second kappa shape index (κ2) is 7.38. The smallest absolute Gasteiger partial charge is 0.234 e. The normalized spacial score (nSPS) is 10.2. The minimum absolute atomic E-state index is 0.0937. The first kappa shape index (κ1) is 15.7. The maximum Gasteiger partial charge on any atom is 0.234 e. The number of aryl methyl sites for hydroxylation is 1. The van der Waals surface area contributed by atoms with Gasteiger partial charge in [-0.15, -0.1) is 11.8 Å². The van der Waals surface area contributed by atoms with Crippen LogP contribution in [0.1, 0.15) is 5.56 Å². The first-order valence-corrected chi connectivity index (χ1v) is 7.78. The van der Waals surface area contributed by atoms with Crippen LogP contribution in [-0.2, 0) is 4.79 Å². The molecular formula is C16H16ClNO2S. The van der Waals surface area contributed by atoms with Gasteiger partial charge in [0.2, 0.25) is 5.91 Å². The summed E-state index contributed by atoms with van der Waals surface area (Å²) in [6.07, 6.45) is 0. The standard InChI is InChI=1S/C16H16ClNO2S/c1-11-5-3-4-6-15(11)21-10-16(19)18-13-9-12(17)7-8-14(13)20-2/h3-9H,10H2,1-2H3,(H,18,19). The van der Waals surface area contributed by atoms with E-state index >= 15 is 0 Å². The van der Waals surface area contributed by atoms with Crippen LogP contribution < -0.4 is 10.1 Å². The third-order valence-corrected chi connectivity index (χ3v) is 4.30. The van der Waals surface area contributed by atoms with E-state index in [4.69, 9.17) is 16.3 Å². The molecule has 2 rings (SSSR count). The van der Waals surface area contributed by atoms with Crippen molar-refractivity contribution in [2.24, 2.45) is 0 Å². The number of ether oxygens (including phenoxy) is 1. The van der Waals surface area contributed by atoms with Gasteiger partial charge in [0, 0.05) is 9.92 Å². The maximum absolute atomic E-state index is 12.0. The molecule has 21 heavy (non-hydrogen) atoms. The second-order valence-electron chi connectivity index (χ2n) is 4.45. The van der Waals surface area contributed by atoms with E-state index in [1.54, 1.807) is 25.3 Å². The SMILES string of the molecule is COc1ccc(Cl)cc1NC(=O)CSc1ccccc1C. The number of thioether (sulfide) groups is 1. The number of carbonyl (C=O) groups is 1. The number of rotatable bonds is 5. The molecule has 0 saturated heterocycles. The Morgan fingerprint density at radius 3 is 2.76 bits per heavy atom. The highest BCUT2D eigenvalue weighted by Gasteiger charge is 2.09. The maximum atomic E-state index is 12.0. The minimum Gasteiger partial charge on any atom is -0.495 e. The van der Waals surface area contributed by atoms with Crippen molar-refractivity contribution in [1.29, 1.82) is 0 Å². The van der Waals surface area contributed by atoms with Gasteiger partial charge in [0.1, 0.15) is 5.75 Å². The lowest BCUT2D eigenvalue weighted by Crippen LogP contribution is -2.14. The molecule has 1 amide bonds. The first-order chi connectivity index (χ1) is 10.1. The highest BCUT2D eigenvalue weighted by Crippen LogP contribution is 2.28. The number of amides is 1. The van der Waals surface area contributed by atoms with E-state index in [2.05, 4.69) is 5.32 Å². The largest absolute Gasteiger partial charge is 0.495 e. The number of hydrogen-bond donors (Lipinski definition) is 1. The summed E-state index contributed by atoms with van der Waals surface area (Å²) in [5, 5.41) is 3.38. The number of benzene rings is 2. The van der Waals surface area contributed by atoms with Crippen molar-refractivity contribution < 1.29 is 9.53 Å². The van der Waals surface area contributed by atoms with Crippen LogP contribution in [0.5, 0.6) is 5.75 Å². The summed E-state index contributed by atoms with van der Waals surface area (Å²) in [5.41, 5.74) is 1.75. The van der Waals surface area contributed by atoms with Gasteiger partial charge in [-0.05, 0) is 36.8 Å². The van der Waals surface area contributed by atoms with E-state index in [0.717, 1.165) is 10.5 Å². The Morgan fingerprint density at radius 1 is 1.29 bits per heavy atom. The van der Waals surface area contributed by atoms with Crippen LogP contribution in [-0.4, -0.2) is 18.8 Å². The molecule has 2 aromatic carbocycles. The van der Waals surface area contributed by atoms with Crippen molar-refractivity contribution in [3.8, 4) is 5.75 Å². The number of hydrogen-bond acceptors (Lipinski definition) is 3. The summed E-state index contributed by atoms with van der Waals surface area (Å²) in [5.74, 6) is 0.831. The molecule has 0 aliphatic heterocycles. The fraction of sp³-hybridized carbons (Fsp3) is 0.188. The molecule has 0 atom stereocenters. The molecule has 1 N–H and O–H groups in total. The molecule has 0 spiro atoms. The third-order valence-electron chi connectivity index (χ3n) is 2.89. The fourth-order valence-corrected chi connectivity index (χ4v) is 2.83. The summed E-state index contributed by atoms with van der Waals surface area (Å²) in [6, 6.07) is 13.1. The van der Waals surface area contributed by atoms with Gasteiger partial charge < -0.3 is 10.1 Å². The Bertz CT molecular complexity index is 646. The van der Waals surface area contributed by atoms with Crippen molar-refractivity contribution in [1.82, 2.24) is 0 Å². The fourth-order valence-electron chi connectivity index (χ4n) is 1.83. The summed E-state index contributed by atoms with van der Waals surface area (Å²) in [7, 11) is 1.56. The van der Waals surface area contributed by atoms with E-state index in [1.807, 2.05) is 31.2 Å². The molecular weight excluding hydrogens is 306 g/mol. The van der Waals surface area contributed by atoms with E-state index in [9.17, 15) is 4.79 Å². The number of anilines is 1. The monoisotopic (exact) mass is 321 g/mol. The molecule has 0 saturated carbocycles. The molecule has 0 unspecified atom stereocenters. The average Bonchev–Trinajstić information content (AvgIpc) is 2.47. The Hall–Kier alpha value is -1.65. The summed E-state index contributed by atoms with van der Waals surface area (Å²) < 4.78 is 5.20. The number of halogens is 1. The Morgan fingerprint density at radius 2 is 2.05 bits per heavy atom. The molecule has 0 aliphatic rings. The molecule has 0 radical (unpaired) electrons. The van der Waals surface area contributed by atoms with E-state index in [-0.39, 0.29) is 5.91 Å². The summed E-state index contributed by atoms with van der Waals surface area (Å²) in [6.45, 7) is 2.03. The lowest BCUT2D eigenvalue weighted by Gasteiger charge is -2.11. The first-order valence-electron chi connectivity index (χ1n) is 6.42. The van der Waals surface area contributed by atoms with Crippen molar-refractivity contribution in [3.63, 3.8) is 0 Å². The molecule has 0 bridgehead atoms. The summed E-state index contributed by atoms with van der Waals surface area (Å²) >= 11 is 7.45. The van der Waals surface area contributed by atoms with Crippen LogP contribution in [0.3, 0.4) is 0 Å². The highest BCUT2D eigenvalue weighted by atomic mass is 35.5. The summed E-state index contributed by atoms with van der Waals surface area (Å²) in [4.78, 5) is 13.1. The van der Waals surface area contributed by atoms with Crippen molar-refractivity contribution in [2.75, 3.05) is 18.2 Å². The lowest BCUT2D eigenvalue weighted by molar-refractivity contribution is -0.113. The molecule has 0 heterocycles. The Kier molecular flexibility index (Phi) is 5.53. The number of nitrogens with one attached hydrogen (secondary N) is 1. The van der Waals surface area contributed by atoms with Gasteiger partial charge in [0.05, 0.1) is 18.6 Å². The van der Waals surface area contributed by atoms with Gasteiger partial charge in [-0.25, -0.2) is 0 Å². The Labute approximate surface area is 133 Å². The zero-order chi connectivity index (χ0) is 15.2. The Balaban J connectivity index is 1.99. The van der Waals surface area contributed by atoms with Gasteiger partial charge in [0.15, 0.2) is 0 Å². The zero-order valence-corrected chi connectivity index (χ0v) is 13.4. The second-order valence-corrected chi connectivity index (χ2v) is 5.90. The molecule has 0 aliphatic carbocycles. The van der Waals surface area contributed by atoms with E-state index in [1.165, 1.54) is 11.8 Å². The molecule has 0 fully saturated rings. The lowest BCUT2D eigenvalue weighted by atomic mass is 10.2. The van der Waals surface area contributed by atoms with E-state index < -0.39 is 0 Å². The van der Waals surface area contributed by atoms with Crippen LogP contribution >= 0.6 is 23.4 Å². The van der Waals surface area contributed by atoms with Crippen LogP contribution in [0.25, 0.3) is 0 Å².